The van der Waals surface area contributed by atoms with Crippen LogP contribution in [0.4, 0.5) is 15.8 Å². The van der Waals surface area contributed by atoms with Gasteiger partial charge in [-0.05, 0) is 66.7 Å². The normalized spacial score (nSPS) is 11.0. The van der Waals surface area contributed by atoms with E-state index in [-0.39, 0.29) is 27.6 Å². The van der Waals surface area contributed by atoms with Gasteiger partial charge in [-0.15, -0.1) is 0 Å². The Balaban J connectivity index is 1.53. The van der Waals surface area contributed by atoms with Gasteiger partial charge >= 0.3 is 0 Å². The van der Waals surface area contributed by atoms with Crippen LogP contribution in [-0.4, -0.2) is 14.3 Å². The van der Waals surface area contributed by atoms with E-state index in [1.165, 1.54) is 42.5 Å². The Morgan fingerprint density at radius 1 is 0.824 bits per heavy atom. The Labute approximate surface area is 201 Å². The molecule has 9 heteroatoms. The van der Waals surface area contributed by atoms with Gasteiger partial charge in [-0.25, -0.2) is 12.8 Å². The molecular formula is C25H18ClFN2O4S. The van der Waals surface area contributed by atoms with Crippen LogP contribution in [-0.2, 0) is 10.0 Å². The molecule has 0 saturated carbocycles. The van der Waals surface area contributed by atoms with Gasteiger partial charge in [0.05, 0.1) is 16.3 Å². The van der Waals surface area contributed by atoms with Gasteiger partial charge in [0.25, 0.3) is 15.9 Å². The van der Waals surface area contributed by atoms with Crippen molar-refractivity contribution in [3.63, 3.8) is 0 Å². The van der Waals surface area contributed by atoms with E-state index in [0.717, 1.165) is 6.07 Å². The largest absolute Gasteiger partial charge is 0.455 e. The minimum Gasteiger partial charge on any atom is -0.455 e. The molecule has 0 heterocycles. The number of rotatable bonds is 7. The molecule has 0 spiro atoms. The Morgan fingerprint density at radius 2 is 1.50 bits per heavy atom. The summed E-state index contributed by atoms with van der Waals surface area (Å²) in [6.07, 6.45) is 0. The topological polar surface area (TPSA) is 84.5 Å². The third-order valence-corrected chi connectivity index (χ3v) is 6.32. The highest BCUT2D eigenvalue weighted by Gasteiger charge is 2.19. The highest BCUT2D eigenvalue weighted by atomic mass is 35.5. The average molecular weight is 497 g/mol. The van der Waals surface area contributed by atoms with E-state index in [1.807, 2.05) is 6.07 Å². The third kappa shape index (κ3) is 5.54. The fourth-order valence-corrected chi connectivity index (χ4v) is 4.23. The number of hydrogen-bond donors (Lipinski definition) is 2. The number of amides is 1. The van der Waals surface area contributed by atoms with Crippen LogP contribution in [0.3, 0.4) is 0 Å². The zero-order chi connectivity index (χ0) is 24.1. The van der Waals surface area contributed by atoms with Crippen LogP contribution >= 0.6 is 11.6 Å². The summed E-state index contributed by atoms with van der Waals surface area (Å²) in [5.74, 6) is -0.652. The molecule has 0 atom stereocenters. The maximum absolute atomic E-state index is 14.7. The smallest absolute Gasteiger partial charge is 0.262 e. The van der Waals surface area contributed by atoms with E-state index in [2.05, 4.69) is 10.0 Å². The standard InChI is InChI=1S/C25H18ClFN2O4S/c26-18-12-10-17(11-13-18)25(30)28-22-15-14-20(16-21(22)27)34(31,32)29-23-8-4-5-9-24(23)33-19-6-2-1-3-7-19/h1-16,29H,(H,28,30). The average Bonchev–Trinajstić information content (AvgIpc) is 2.82. The van der Waals surface area contributed by atoms with E-state index in [9.17, 15) is 17.6 Å². The Hall–Kier alpha value is -3.88. The van der Waals surface area contributed by atoms with Crippen molar-refractivity contribution in [2.45, 2.75) is 4.90 Å². The van der Waals surface area contributed by atoms with Crippen molar-refractivity contribution in [2.24, 2.45) is 0 Å². The second-order valence-corrected chi connectivity index (χ2v) is 9.24. The number of carbonyl (C=O) groups is 1. The number of anilines is 2. The van der Waals surface area contributed by atoms with E-state index < -0.39 is 21.7 Å². The highest BCUT2D eigenvalue weighted by Crippen LogP contribution is 2.31. The first-order valence-corrected chi connectivity index (χ1v) is 11.9. The van der Waals surface area contributed by atoms with Crippen LogP contribution < -0.4 is 14.8 Å². The summed E-state index contributed by atoms with van der Waals surface area (Å²) >= 11 is 5.81. The molecule has 6 nitrogen and oxygen atoms in total. The summed E-state index contributed by atoms with van der Waals surface area (Å²) in [5.41, 5.74) is 0.302. The molecule has 0 bridgehead atoms. The molecule has 0 aliphatic heterocycles. The van der Waals surface area contributed by atoms with E-state index in [0.29, 0.717) is 10.8 Å². The third-order valence-electron chi connectivity index (χ3n) is 4.71. The van der Waals surface area contributed by atoms with Gasteiger partial charge in [-0.1, -0.05) is 41.9 Å². The quantitative estimate of drug-likeness (QED) is 0.313. The fourth-order valence-electron chi connectivity index (χ4n) is 3.02. The van der Waals surface area contributed by atoms with Crippen molar-refractivity contribution in [1.82, 2.24) is 0 Å². The van der Waals surface area contributed by atoms with Crippen molar-refractivity contribution in [1.29, 1.82) is 0 Å². The molecule has 34 heavy (non-hydrogen) atoms. The number of halogens is 2. The SMILES string of the molecule is O=C(Nc1ccc(S(=O)(=O)Nc2ccccc2Oc2ccccc2)cc1F)c1ccc(Cl)cc1. The molecule has 4 aromatic rings. The van der Waals surface area contributed by atoms with Crippen molar-refractivity contribution in [3.05, 3.63) is 113 Å². The lowest BCUT2D eigenvalue weighted by Crippen LogP contribution is -2.15. The van der Waals surface area contributed by atoms with Gasteiger partial charge in [0, 0.05) is 10.6 Å². The minimum absolute atomic E-state index is 0.160. The molecule has 4 rings (SSSR count). The van der Waals surface area contributed by atoms with Crippen LogP contribution in [0, 0.1) is 5.82 Å². The summed E-state index contributed by atoms with van der Waals surface area (Å²) in [5, 5.41) is 2.88. The lowest BCUT2D eigenvalue weighted by molar-refractivity contribution is 0.102. The predicted octanol–water partition coefficient (Wildman–Crippen LogP) is 6.32. The fraction of sp³-hybridized carbons (Fsp3) is 0. The number of benzene rings is 4. The molecule has 172 valence electrons. The van der Waals surface area contributed by atoms with Crippen molar-refractivity contribution >= 4 is 38.9 Å². The van der Waals surface area contributed by atoms with Gasteiger partial charge in [0.1, 0.15) is 11.6 Å². The zero-order valence-electron chi connectivity index (χ0n) is 17.5. The van der Waals surface area contributed by atoms with Crippen LogP contribution in [0.2, 0.25) is 5.02 Å². The van der Waals surface area contributed by atoms with Gasteiger partial charge in [0.15, 0.2) is 5.75 Å². The van der Waals surface area contributed by atoms with Gasteiger partial charge in [-0.3, -0.25) is 9.52 Å². The van der Waals surface area contributed by atoms with Crippen LogP contribution in [0.15, 0.2) is 102 Å². The molecular weight excluding hydrogens is 479 g/mol. The van der Waals surface area contributed by atoms with Crippen LogP contribution in [0.25, 0.3) is 0 Å². The number of para-hydroxylation sites is 3. The summed E-state index contributed by atoms with van der Waals surface area (Å²) in [7, 11) is -4.15. The molecule has 0 saturated heterocycles. The molecule has 0 fully saturated rings. The first kappa shape index (κ1) is 23.3. The first-order valence-electron chi connectivity index (χ1n) is 10.0. The highest BCUT2D eigenvalue weighted by molar-refractivity contribution is 7.92. The Kier molecular flexibility index (Phi) is 6.81. The lowest BCUT2D eigenvalue weighted by atomic mass is 10.2. The molecule has 1 amide bonds. The summed E-state index contributed by atoms with van der Waals surface area (Å²) in [6, 6.07) is 24.6. The molecule has 0 aromatic heterocycles. The number of nitrogens with one attached hydrogen (secondary N) is 2. The van der Waals surface area contributed by atoms with E-state index in [4.69, 9.17) is 16.3 Å². The van der Waals surface area contributed by atoms with Gasteiger partial charge in [0.2, 0.25) is 0 Å². The summed E-state index contributed by atoms with van der Waals surface area (Å²) < 4.78 is 48.7. The van der Waals surface area contributed by atoms with Crippen LogP contribution in [0.5, 0.6) is 11.5 Å². The maximum atomic E-state index is 14.7. The van der Waals surface area contributed by atoms with E-state index >= 15 is 0 Å². The molecule has 2 N–H and O–H groups in total. The zero-order valence-corrected chi connectivity index (χ0v) is 19.1. The van der Waals surface area contributed by atoms with Crippen molar-refractivity contribution in [2.75, 3.05) is 10.0 Å². The summed E-state index contributed by atoms with van der Waals surface area (Å²) in [6.45, 7) is 0. The summed E-state index contributed by atoms with van der Waals surface area (Å²) in [4.78, 5) is 12.0. The Morgan fingerprint density at radius 3 is 2.21 bits per heavy atom. The monoisotopic (exact) mass is 496 g/mol. The lowest BCUT2D eigenvalue weighted by Gasteiger charge is -2.14. The molecule has 0 unspecified atom stereocenters. The first-order chi connectivity index (χ1) is 16.3. The molecule has 0 radical (unpaired) electrons. The van der Waals surface area contributed by atoms with Crippen molar-refractivity contribution < 1.29 is 22.3 Å². The Bertz CT molecular complexity index is 1430. The molecule has 0 aliphatic rings. The van der Waals surface area contributed by atoms with Gasteiger partial charge in [-0.2, -0.15) is 0 Å². The number of hydrogen-bond acceptors (Lipinski definition) is 4. The predicted molar refractivity (Wildman–Crippen MR) is 130 cm³/mol. The number of carbonyl (C=O) groups excluding carboxylic acids is 1. The minimum atomic E-state index is -4.15. The maximum Gasteiger partial charge on any atom is 0.262 e. The second kappa shape index (κ2) is 9.94. The number of sulfonamides is 1. The molecule has 0 aliphatic carbocycles. The molecule has 4 aromatic carbocycles. The van der Waals surface area contributed by atoms with Crippen molar-refractivity contribution in [3.8, 4) is 11.5 Å². The van der Waals surface area contributed by atoms with Crippen LogP contribution in [0.1, 0.15) is 10.4 Å². The number of ether oxygens (including phenoxy) is 1. The van der Waals surface area contributed by atoms with Gasteiger partial charge < -0.3 is 10.1 Å². The second-order valence-electron chi connectivity index (χ2n) is 7.12. The van der Waals surface area contributed by atoms with E-state index in [1.54, 1.807) is 42.5 Å².